The van der Waals surface area contributed by atoms with Crippen molar-refractivity contribution in [1.29, 1.82) is 0 Å². The minimum Gasteiger partial charge on any atom is -0.343 e. The molecule has 1 saturated heterocycles. The number of nitrogens with zero attached hydrogens (tertiary/aromatic N) is 1. The van der Waals surface area contributed by atoms with E-state index in [4.69, 9.17) is 0 Å². The van der Waals surface area contributed by atoms with Crippen LogP contribution in [0.4, 0.5) is 0 Å². The summed E-state index contributed by atoms with van der Waals surface area (Å²) in [7, 11) is 0. The minimum absolute atomic E-state index is 0.0356. The molecule has 0 aromatic rings. The summed E-state index contributed by atoms with van der Waals surface area (Å²) in [5.74, 6) is 0.0306. The van der Waals surface area contributed by atoms with Crippen LogP contribution in [-0.4, -0.2) is 34.3 Å². The molecule has 0 spiro atoms. The van der Waals surface area contributed by atoms with Gasteiger partial charge < -0.3 is 10.2 Å². The molecule has 1 aliphatic carbocycles. The predicted octanol–water partition coefficient (Wildman–Crippen LogP) is 1.05. The number of hydrogen-bond acceptors (Lipinski definition) is 2. The molecule has 1 N–H and O–H groups in total. The molecule has 1 unspecified atom stereocenters. The van der Waals surface area contributed by atoms with Gasteiger partial charge in [-0.2, -0.15) is 0 Å². The third-order valence-corrected chi connectivity index (χ3v) is 3.80. The van der Waals surface area contributed by atoms with E-state index in [0.29, 0.717) is 0 Å². The first-order valence-corrected chi connectivity index (χ1v) is 6.08. The second-order valence-corrected chi connectivity index (χ2v) is 5.40. The van der Waals surface area contributed by atoms with Crippen LogP contribution in [0.5, 0.6) is 0 Å². The van der Waals surface area contributed by atoms with Gasteiger partial charge in [-0.3, -0.25) is 9.59 Å². The number of carbonyl (C=O) groups is 2. The largest absolute Gasteiger partial charge is 0.343 e. The van der Waals surface area contributed by atoms with Gasteiger partial charge in [-0.25, -0.2) is 0 Å². The highest BCUT2D eigenvalue weighted by molar-refractivity contribution is 5.99. The molecule has 2 aliphatic rings. The van der Waals surface area contributed by atoms with Crippen LogP contribution in [0.2, 0.25) is 0 Å². The molecule has 4 nitrogen and oxygen atoms in total. The Kier molecular flexibility index (Phi) is 2.68. The van der Waals surface area contributed by atoms with E-state index in [1.807, 2.05) is 18.7 Å². The summed E-state index contributed by atoms with van der Waals surface area (Å²) in [5.41, 5.74) is -0.696. The van der Waals surface area contributed by atoms with Crippen molar-refractivity contribution in [2.45, 2.75) is 64.1 Å². The summed E-state index contributed by atoms with van der Waals surface area (Å²) < 4.78 is 0. The fourth-order valence-corrected chi connectivity index (χ4v) is 2.83. The van der Waals surface area contributed by atoms with Gasteiger partial charge in [-0.1, -0.05) is 12.8 Å². The van der Waals surface area contributed by atoms with Crippen molar-refractivity contribution >= 4 is 11.8 Å². The summed E-state index contributed by atoms with van der Waals surface area (Å²) in [4.78, 5) is 25.9. The van der Waals surface area contributed by atoms with Crippen molar-refractivity contribution in [3.05, 3.63) is 0 Å². The van der Waals surface area contributed by atoms with Crippen LogP contribution >= 0.6 is 0 Å². The maximum Gasteiger partial charge on any atom is 0.246 e. The van der Waals surface area contributed by atoms with E-state index in [-0.39, 0.29) is 23.9 Å². The van der Waals surface area contributed by atoms with Gasteiger partial charge in [-0.15, -0.1) is 0 Å². The average Bonchev–Trinajstić information content (AvgIpc) is 2.68. The van der Waals surface area contributed by atoms with Gasteiger partial charge in [0, 0.05) is 6.04 Å². The van der Waals surface area contributed by atoms with Crippen molar-refractivity contribution in [3.63, 3.8) is 0 Å². The molecular weight excluding hydrogens is 204 g/mol. The maximum absolute atomic E-state index is 12.2. The average molecular weight is 224 g/mol. The highest BCUT2D eigenvalue weighted by Gasteiger charge is 2.48. The first-order valence-electron chi connectivity index (χ1n) is 6.08. The Bertz CT molecular complexity index is 319. The van der Waals surface area contributed by atoms with Crippen LogP contribution in [0.15, 0.2) is 0 Å². The van der Waals surface area contributed by atoms with E-state index in [2.05, 4.69) is 5.32 Å². The molecule has 0 radical (unpaired) electrons. The molecule has 1 heterocycles. The Morgan fingerprint density at radius 1 is 1.25 bits per heavy atom. The molecule has 0 bridgehead atoms. The van der Waals surface area contributed by atoms with Gasteiger partial charge in [0.2, 0.25) is 11.8 Å². The van der Waals surface area contributed by atoms with Crippen LogP contribution in [0, 0.1) is 0 Å². The third kappa shape index (κ3) is 1.60. The summed E-state index contributed by atoms with van der Waals surface area (Å²) in [5, 5.41) is 2.74. The zero-order valence-corrected chi connectivity index (χ0v) is 10.2. The van der Waals surface area contributed by atoms with E-state index in [0.717, 1.165) is 12.8 Å². The second-order valence-electron chi connectivity index (χ2n) is 5.40. The topological polar surface area (TPSA) is 49.4 Å². The second kappa shape index (κ2) is 3.75. The fourth-order valence-electron chi connectivity index (χ4n) is 2.83. The molecule has 16 heavy (non-hydrogen) atoms. The van der Waals surface area contributed by atoms with Crippen LogP contribution in [0.3, 0.4) is 0 Å². The van der Waals surface area contributed by atoms with Crippen LogP contribution in [-0.2, 0) is 9.59 Å². The zero-order chi connectivity index (χ0) is 11.9. The van der Waals surface area contributed by atoms with E-state index in [1.165, 1.54) is 12.8 Å². The molecule has 1 atom stereocenters. The minimum atomic E-state index is -0.696. The fraction of sp³-hybridized carbons (Fsp3) is 0.833. The summed E-state index contributed by atoms with van der Waals surface area (Å²) in [6.45, 7) is 5.44. The normalized spacial score (nSPS) is 30.7. The maximum atomic E-state index is 12.2. The molecule has 90 valence electrons. The lowest BCUT2D eigenvalue weighted by Crippen LogP contribution is -2.69. The van der Waals surface area contributed by atoms with Gasteiger partial charge in [0.15, 0.2) is 0 Å². The van der Waals surface area contributed by atoms with Crippen LogP contribution in [0.1, 0.15) is 46.5 Å². The monoisotopic (exact) mass is 224 g/mol. The zero-order valence-electron chi connectivity index (χ0n) is 10.2. The SMILES string of the molecule is CC1NC(=O)C(C)(C)N(C2CCCC2)C1=O. The van der Waals surface area contributed by atoms with Gasteiger partial charge in [0.05, 0.1) is 0 Å². The van der Waals surface area contributed by atoms with Crippen molar-refractivity contribution in [1.82, 2.24) is 10.2 Å². The molecule has 0 aromatic carbocycles. The van der Waals surface area contributed by atoms with Crippen molar-refractivity contribution in [2.24, 2.45) is 0 Å². The molecule has 2 rings (SSSR count). The lowest BCUT2D eigenvalue weighted by molar-refractivity contribution is -0.158. The number of carbonyl (C=O) groups excluding carboxylic acids is 2. The number of nitrogens with one attached hydrogen (secondary N) is 1. The van der Waals surface area contributed by atoms with Gasteiger partial charge >= 0.3 is 0 Å². The van der Waals surface area contributed by atoms with E-state index in [1.54, 1.807) is 6.92 Å². The highest BCUT2D eigenvalue weighted by Crippen LogP contribution is 2.32. The standard InChI is InChI=1S/C12H20N2O2/c1-8-10(15)14(9-6-4-5-7-9)12(2,3)11(16)13-8/h8-9H,4-7H2,1-3H3,(H,13,16). The molecule has 2 amide bonds. The molecule has 4 heteroatoms. The Labute approximate surface area is 96.4 Å². The highest BCUT2D eigenvalue weighted by atomic mass is 16.2. The number of piperazine rings is 1. The molecule has 1 aliphatic heterocycles. The smallest absolute Gasteiger partial charge is 0.246 e. The lowest BCUT2D eigenvalue weighted by Gasteiger charge is -2.46. The first kappa shape index (κ1) is 11.4. The van der Waals surface area contributed by atoms with Crippen molar-refractivity contribution < 1.29 is 9.59 Å². The Morgan fingerprint density at radius 3 is 2.38 bits per heavy atom. The Hall–Kier alpha value is -1.06. The Morgan fingerprint density at radius 2 is 1.81 bits per heavy atom. The van der Waals surface area contributed by atoms with Crippen LogP contribution < -0.4 is 5.32 Å². The third-order valence-electron chi connectivity index (χ3n) is 3.80. The lowest BCUT2D eigenvalue weighted by atomic mass is 9.93. The first-order chi connectivity index (χ1) is 7.44. The van der Waals surface area contributed by atoms with Gasteiger partial charge in [0.25, 0.3) is 0 Å². The van der Waals surface area contributed by atoms with Gasteiger partial charge in [-0.05, 0) is 33.6 Å². The molecule has 2 fully saturated rings. The number of hydrogen-bond donors (Lipinski definition) is 1. The molecule has 1 saturated carbocycles. The predicted molar refractivity (Wildman–Crippen MR) is 60.8 cm³/mol. The summed E-state index contributed by atoms with van der Waals surface area (Å²) >= 11 is 0. The summed E-state index contributed by atoms with van der Waals surface area (Å²) in [6.07, 6.45) is 4.41. The Balaban J connectivity index is 2.29. The summed E-state index contributed by atoms with van der Waals surface area (Å²) in [6, 6.07) is -0.114. The number of amides is 2. The quantitative estimate of drug-likeness (QED) is 0.724. The number of rotatable bonds is 1. The van der Waals surface area contributed by atoms with Crippen molar-refractivity contribution in [2.75, 3.05) is 0 Å². The van der Waals surface area contributed by atoms with Crippen LogP contribution in [0.25, 0.3) is 0 Å². The van der Waals surface area contributed by atoms with Crippen molar-refractivity contribution in [3.8, 4) is 0 Å². The van der Waals surface area contributed by atoms with Gasteiger partial charge in [0.1, 0.15) is 11.6 Å². The van der Waals surface area contributed by atoms with E-state index < -0.39 is 5.54 Å². The molecule has 0 aromatic heterocycles. The molecular formula is C12H20N2O2. The van der Waals surface area contributed by atoms with E-state index in [9.17, 15) is 9.59 Å². The van der Waals surface area contributed by atoms with E-state index >= 15 is 0 Å².